The molecule has 1 aliphatic carbocycles. The summed E-state index contributed by atoms with van der Waals surface area (Å²) in [5.41, 5.74) is 5.15. The summed E-state index contributed by atoms with van der Waals surface area (Å²) < 4.78 is 10.6. The van der Waals surface area contributed by atoms with Gasteiger partial charge in [0.05, 0.1) is 12.3 Å². The molecule has 3 rings (SSSR count). The van der Waals surface area contributed by atoms with Crippen LogP contribution in [0.4, 0.5) is 10.5 Å². The number of nitrogens with one attached hydrogen (secondary N) is 2. The molecular formula is C19H20ClN3O4. The van der Waals surface area contributed by atoms with Crippen molar-refractivity contribution in [3.63, 3.8) is 0 Å². The maximum Gasteiger partial charge on any atom is 0.427 e. The Balaban J connectivity index is 1.83. The largest absolute Gasteiger partial charge is 0.455 e. The molecule has 0 bridgehead atoms. The van der Waals surface area contributed by atoms with Crippen LogP contribution in [0.3, 0.4) is 0 Å². The van der Waals surface area contributed by atoms with Crippen LogP contribution in [0.25, 0.3) is 0 Å². The van der Waals surface area contributed by atoms with E-state index in [4.69, 9.17) is 20.8 Å². The number of fused-ring (bicyclic) bond motifs is 1. The molecule has 8 heteroatoms. The average molecular weight is 390 g/mol. The smallest absolute Gasteiger partial charge is 0.427 e. The molecule has 0 saturated carbocycles. The van der Waals surface area contributed by atoms with Crippen LogP contribution in [0.2, 0.25) is 5.02 Å². The monoisotopic (exact) mass is 389 g/mol. The van der Waals surface area contributed by atoms with Crippen LogP contribution in [0.15, 0.2) is 33.8 Å². The third-order valence-electron chi connectivity index (χ3n) is 4.19. The van der Waals surface area contributed by atoms with Gasteiger partial charge in [0.25, 0.3) is 5.91 Å². The predicted molar refractivity (Wildman–Crippen MR) is 102 cm³/mol. The highest BCUT2D eigenvalue weighted by molar-refractivity contribution is 6.30. The summed E-state index contributed by atoms with van der Waals surface area (Å²) in [7, 11) is 0. The van der Waals surface area contributed by atoms with Crippen molar-refractivity contribution in [1.29, 1.82) is 0 Å². The van der Waals surface area contributed by atoms with E-state index in [1.165, 1.54) is 0 Å². The van der Waals surface area contributed by atoms with Gasteiger partial charge in [0.2, 0.25) is 0 Å². The van der Waals surface area contributed by atoms with Crippen molar-refractivity contribution in [2.45, 2.75) is 33.1 Å². The highest BCUT2D eigenvalue weighted by atomic mass is 35.5. The van der Waals surface area contributed by atoms with Crippen LogP contribution >= 0.6 is 11.6 Å². The Labute approximate surface area is 161 Å². The van der Waals surface area contributed by atoms with Crippen LogP contribution in [-0.2, 0) is 11.2 Å². The summed E-state index contributed by atoms with van der Waals surface area (Å²) in [6, 6.07) is 6.83. The summed E-state index contributed by atoms with van der Waals surface area (Å²) in [5, 5.41) is 7.54. The summed E-state index contributed by atoms with van der Waals surface area (Å²) in [5.74, 6) is 0.590. The second-order valence-corrected chi connectivity index (χ2v) is 6.50. The minimum atomic E-state index is -0.612. The van der Waals surface area contributed by atoms with Crippen molar-refractivity contribution >= 4 is 35.0 Å². The van der Waals surface area contributed by atoms with E-state index >= 15 is 0 Å². The van der Waals surface area contributed by atoms with Gasteiger partial charge >= 0.3 is 6.09 Å². The van der Waals surface area contributed by atoms with Gasteiger partial charge in [-0.2, -0.15) is 5.10 Å². The molecule has 0 radical (unpaired) electrons. The van der Waals surface area contributed by atoms with Gasteiger partial charge in [-0.15, -0.1) is 0 Å². The molecular weight excluding hydrogens is 370 g/mol. The number of halogens is 1. The molecule has 2 N–H and O–H groups in total. The molecule has 0 atom stereocenters. The number of hydrogen-bond acceptors (Lipinski definition) is 5. The third kappa shape index (κ3) is 4.31. The molecule has 1 aromatic heterocycles. The maximum atomic E-state index is 12.6. The molecule has 142 valence electrons. The lowest BCUT2D eigenvalue weighted by Gasteiger charge is -2.13. The molecule has 0 fully saturated rings. The Morgan fingerprint density at radius 1 is 1.26 bits per heavy atom. The number of benzene rings is 1. The fourth-order valence-corrected chi connectivity index (χ4v) is 3.12. The molecule has 1 aromatic carbocycles. The molecule has 1 heterocycles. The highest BCUT2D eigenvalue weighted by Gasteiger charge is 2.28. The number of hydrogen-bond donors (Lipinski definition) is 2. The molecule has 0 saturated heterocycles. The number of ether oxygens (including phenoxy) is 1. The van der Waals surface area contributed by atoms with Gasteiger partial charge in [-0.3, -0.25) is 4.79 Å². The SMILES string of the molecule is CCOC(=O)N/N=C1\CCCc2oc(C(=O)Nc3ccc(Cl)cc3)c(C)c21. The summed E-state index contributed by atoms with van der Waals surface area (Å²) in [4.78, 5) is 24.1. The second kappa shape index (κ2) is 8.26. The summed E-state index contributed by atoms with van der Waals surface area (Å²) in [6.07, 6.45) is 1.60. The molecule has 27 heavy (non-hydrogen) atoms. The first-order valence-corrected chi connectivity index (χ1v) is 9.06. The van der Waals surface area contributed by atoms with Crippen LogP contribution in [0.1, 0.15) is 47.2 Å². The van der Waals surface area contributed by atoms with Crippen molar-refractivity contribution < 1.29 is 18.7 Å². The Morgan fingerprint density at radius 3 is 2.70 bits per heavy atom. The van der Waals surface area contributed by atoms with Crippen molar-refractivity contribution in [2.24, 2.45) is 5.10 Å². The van der Waals surface area contributed by atoms with Crippen molar-refractivity contribution in [3.05, 3.63) is 51.9 Å². The minimum Gasteiger partial charge on any atom is -0.455 e. The number of anilines is 1. The van der Waals surface area contributed by atoms with Crippen molar-refractivity contribution in [1.82, 2.24) is 5.43 Å². The van der Waals surface area contributed by atoms with Gasteiger partial charge in [0.1, 0.15) is 5.76 Å². The lowest BCUT2D eigenvalue weighted by molar-refractivity contribution is 0.0994. The minimum absolute atomic E-state index is 0.237. The number of nitrogens with zero attached hydrogens (tertiary/aromatic N) is 1. The highest BCUT2D eigenvalue weighted by Crippen LogP contribution is 2.30. The van der Waals surface area contributed by atoms with E-state index in [1.807, 2.05) is 6.92 Å². The van der Waals surface area contributed by atoms with E-state index in [0.717, 1.165) is 12.0 Å². The fraction of sp³-hybridized carbons (Fsp3) is 0.316. The van der Waals surface area contributed by atoms with Gasteiger partial charge in [-0.1, -0.05) is 11.6 Å². The zero-order chi connectivity index (χ0) is 19.4. The Hall–Kier alpha value is -2.80. The standard InChI is InChI=1S/C19H20ClN3O4/c1-3-26-19(25)23-22-14-5-4-6-15-16(14)11(2)17(27-15)18(24)21-13-9-7-12(20)8-10-13/h7-10H,3-6H2,1-2H3,(H,21,24)(H,23,25)/b22-14+. The first kappa shape index (κ1) is 19.0. The zero-order valence-corrected chi connectivity index (χ0v) is 15.9. The molecule has 0 unspecified atom stereocenters. The van der Waals surface area contributed by atoms with Crippen LogP contribution in [0.5, 0.6) is 0 Å². The molecule has 1 aliphatic rings. The first-order chi connectivity index (χ1) is 13.0. The molecule has 0 spiro atoms. The predicted octanol–water partition coefficient (Wildman–Crippen LogP) is 4.28. The number of furan rings is 1. The number of carbonyl (C=O) groups is 2. The van der Waals surface area contributed by atoms with E-state index in [1.54, 1.807) is 31.2 Å². The summed E-state index contributed by atoms with van der Waals surface area (Å²) >= 11 is 5.86. The Kier molecular flexibility index (Phi) is 5.81. The van der Waals surface area contributed by atoms with E-state index in [-0.39, 0.29) is 18.3 Å². The van der Waals surface area contributed by atoms with E-state index in [0.29, 0.717) is 40.6 Å². The number of hydrazone groups is 1. The van der Waals surface area contributed by atoms with Gasteiger partial charge in [0, 0.05) is 28.3 Å². The Bertz CT molecular complexity index is 887. The average Bonchev–Trinajstić information content (AvgIpc) is 3.00. The Morgan fingerprint density at radius 2 is 2.00 bits per heavy atom. The number of rotatable bonds is 4. The van der Waals surface area contributed by atoms with Gasteiger partial charge in [-0.25, -0.2) is 10.2 Å². The van der Waals surface area contributed by atoms with Gasteiger partial charge < -0.3 is 14.5 Å². The molecule has 0 aliphatic heterocycles. The lowest BCUT2D eigenvalue weighted by Crippen LogP contribution is -2.22. The van der Waals surface area contributed by atoms with Gasteiger partial charge in [0.15, 0.2) is 5.76 Å². The quantitative estimate of drug-likeness (QED) is 0.763. The normalized spacial score (nSPS) is 14.6. The first-order valence-electron chi connectivity index (χ1n) is 8.68. The van der Waals surface area contributed by atoms with E-state index < -0.39 is 6.09 Å². The van der Waals surface area contributed by atoms with Crippen LogP contribution < -0.4 is 10.7 Å². The summed E-state index contributed by atoms with van der Waals surface area (Å²) in [6.45, 7) is 3.79. The molecule has 7 nitrogen and oxygen atoms in total. The van der Waals surface area contributed by atoms with E-state index in [2.05, 4.69) is 15.8 Å². The zero-order valence-electron chi connectivity index (χ0n) is 15.1. The second-order valence-electron chi connectivity index (χ2n) is 6.06. The van der Waals surface area contributed by atoms with Crippen LogP contribution in [-0.4, -0.2) is 24.3 Å². The number of carbonyl (C=O) groups excluding carboxylic acids is 2. The fourth-order valence-electron chi connectivity index (χ4n) is 2.99. The third-order valence-corrected chi connectivity index (χ3v) is 4.44. The topological polar surface area (TPSA) is 92.9 Å². The van der Waals surface area contributed by atoms with Crippen molar-refractivity contribution in [2.75, 3.05) is 11.9 Å². The number of amides is 2. The van der Waals surface area contributed by atoms with E-state index in [9.17, 15) is 9.59 Å². The van der Waals surface area contributed by atoms with Gasteiger partial charge in [-0.05, 0) is 51.0 Å². The van der Waals surface area contributed by atoms with Crippen molar-refractivity contribution in [3.8, 4) is 0 Å². The van der Waals surface area contributed by atoms with Crippen LogP contribution in [0, 0.1) is 6.92 Å². The number of aryl methyl sites for hydroxylation is 1. The maximum absolute atomic E-state index is 12.6. The molecule has 2 aromatic rings. The molecule has 2 amide bonds. The lowest BCUT2D eigenvalue weighted by atomic mass is 9.93.